The van der Waals surface area contributed by atoms with Gasteiger partial charge >= 0.3 is 6.18 Å². The first-order chi connectivity index (χ1) is 13.8. The molecule has 12 heteroatoms. The van der Waals surface area contributed by atoms with Crippen LogP contribution in [0.3, 0.4) is 0 Å². The summed E-state index contributed by atoms with van der Waals surface area (Å²) < 4.78 is 40.2. The van der Waals surface area contributed by atoms with Gasteiger partial charge in [0, 0.05) is 38.9 Å². The van der Waals surface area contributed by atoms with Gasteiger partial charge in [-0.3, -0.25) is 0 Å². The van der Waals surface area contributed by atoms with Gasteiger partial charge in [0.15, 0.2) is 11.8 Å². The molecule has 0 spiro atoms. The number of alkyl halides is 3. The van der Waals surface area contributed by atoms with E-state index in [1.807, 2.05) is 18.9 Å². The Morgan fingerprint density at radius 3 is 2.83 bits per heavy atom. The molecule has 158 valence electrons. The van der Waals surface area contributed by atoms with Crippen molar-refractivity contribution in [1.29, 1.82) is 0 Å². The van der Waals surface area contributed by atoms with E-state index in [-0.39, 0.29) is 11.1 Å². The van der Waals surface area contributed by atoms with Crippen LogP contribution in [0, 0.1) is 0 Å². The van der Waals surface area contributed by atoms with Crippen molar-refractivity contribution >= 4 is 23.4 Å². The van der Waals surface area contributed by atoms with Crippen molar-refractivity contribution < 1.29 is 13.2 Å². The minimum absolute atomic E-state index is 0.0108. The summed E-state index contributed by atoms with van der Waals surface area (Å²) in [6.07, 6.45) is -1.27. The summed E-state index contributed by atoms with van der Waals surface area (Å²) in [7, 11) is 1.85. The summed E-state index contributed by atoms with van der Waals surface area (Å²) >= 11 is 6.06. The number of aryl methyl sites for hydroxylation is 1. The van der Waals surface area contributed by atoms with E-state index in [9.17, 15) is 13.2 Å². The Balaban J connectivity index is 1.64. The van der Waals surface area contributed by atoms with Gasteiger partial charge in [-0.15, -0.1) is 10.2 Å². The third kappa shape index (κ3) is 5.28. The van der Waals surface area contributed by atoms with Crippen LogP contribution in [0.25, 0.3) is 0 Å². The van der Waals surface area contributed by atoms with Crippen molar-refractivity contribution in [2.45, 2.75) is 32.1 Å². The molecule has 8 nitrogen and oxygen atoms in total. The Morgan fingerprint density at radius 2 is 2.21 bits per heavy atom. The van der Waals surface area contributed by atoms with Crippen molar-refractivity contribution in [3.8, 4) is 0 Å². The van der Waals surface area contributed by atoms with Crippen LogP contribution >= 0.6 is 11.6 Å². The zero-order valence-electron chi connectivity index (χ0n) is 16.0. The lowest BCUT2D eigenvalue weighted by Gasteiger charge is -2.21. The molecule has 1 aliphatic rings. The first-order valence-corrected chi connectivity index (χ1v) is 9.51. The van der Waals surface area contributed by atoms with Crippen molar-refractivity contribution in [2.24, 2.45) is 12.0 Å². The van der Waals surface area contributed by atoms with Crippen molar-refractivity contribution in [1.82, 2.24) is 30.4 Å². The molecule has 3 rings (SSSR count). The minimum atomic E-state index is -4.47. The molecule has 0 radical (unpaired) electrons. The quantitative estimate of drug-likeness (QED) is 0.559. The van der Waals surface area contributed by atoms with Gasteiger partial charge in [-0.25, -0.2) is 9.98 Å². The van der Waals surface area contributed by atoms with Gasteiger partial charge < -0.3 is 20.1 Å². The van der Waals surface area contributed by atoms with Gasteiger partial charge in [0.2, 0.25) is 0 Å². The molecular formula is C17H22ClF3N8. The summed E-state index contributed by atoms with van der Waals surface area (Å²) in [4.78, 5) is 10.3. The number of anilines is 1. The smallest absolute Gasteiger partial charge is 0.357 e. The van der Waals surface area contributed by atoms with E-state index < -0.39 is 11.7 Å². The number of guanidine groups is 1. The maximum absolute atomic E-state index is 12.8. The molecule has 2 N–H and O–H groups in total. The lowest BCUT2D eigenvalue weighted by atomic mass is 10.2. The number of hydrogen-bond acceptors (Lipinski definition) is 5. The average Bonchev–Trinajstić information content (AvgIpc) is 3.28. The van der Waals surface area contributed by atoms with Crippen LogP contribution in [0.4, 0.5) is 19.0 Å². The van der Waals surface area contributed by atoms with E-state index in [2.05, 4.69) is 30.8 Å². The molecule has 1 fully saturated rings. The highest BCUT2D eigenvalue weighted by molar-refractivity contribution is 6.33. The first-order valence-electron chi connectivity index (χ1n) is 9.13. The number of aromatic nitrogens is 4. The van der Waals surface area contributed by atoms with Crippen LogP contribution in [0.2, 0.25) is 5.02 Å². The van der Waals surface area contributed by atoms with Crippen LogP contribution in [0.15, 0.2) is 23.6 Å². The van der Waals surface area contributed by atoms with E-state index in [1.165, 1.54) is 0 Å². The predicted octanol–water partition coefficient (Wildman–Crippen LogP) is 2.22. The second-order valence-electron chi connectivity index (χ2n) is 6.66. The maximum Gasteiger partial charge on any atom is 0.417 e. The van der Waals surface area contributed by atoms with Gasteiger partial charge in [-0.1, -0.05) is 11.6 Å². The second-order valence-corrected chi connectivity index (χ2v) is 7.06. The summed E-state index contributed by atoms with van der Waals surface area (Å²) in [5.74, 6) is 1.72. The highest BCUT2D eigenvalue weighted by Gasteiger charge is 2.33. The van der Waals surface area contributed by atoms with E-state index in [4.69, 9.17) is 11.6 Å². The average molecular weight is 431 g/mol. The zero-order chi connectivity index (χ0) is 21.0. The number of aliphatic imine (C=N–C) groups is 1. The van der Waals surface area contributed by atoms with Crippen molar-refractivity contribution in [3.05, 3.63) is 35.0 Å². The van der Waals surface area contributed by atoms with Crippen LogP contribution in [0.1, 0.15) is 24.7 Å². The molecule has 3 heterocycles. The number of pyridine rings is 1. The Labute approximate surface area is 171 Å². The molecule has 2 aromatic rings. The molecule has 0 aliphatic carbocycles. The fourth-order valence-corrected chi connectivity index (χ4v) is 3.29. The Morgan fingerprint density at radius 1 is 1.41 bits per heavy atom. The van der Waals surface area contributed by atoms with Crippen molar-refractivity contribution in [2.75, 3.05) is 24.5 Å². The van der Waals surface area contributed by atoms with E-state index >= 15 is 0 Å². The summed E-state index contributed by atoms with van der Waals surface area (Å²) in [6, 6.07) is 0.962. The third-order valence-corrected chi connectivity index (χ3v) is 4.78. The largest absolute Gasteiger partial charge is 0.417 e. The molecule has 0 bridgehead atoms. The zero-order valence-corrected chi connectivity index (χ0v) is 16.8. The van der Waals surface area contributed by atoms with Crippen molar-refractivity contribution in [3.63, 3.8) is 0 Å². The lowest BCUT2D eigenvalue weighted by Crippen LogP contribution is -2.44. The fourth-order valence-electron chi connectivity index (χ4n) is 3.00. The summed E-state index contributed by atoms with van der Waals surface area (Å²) in [5.41, 5.74) is -0.856. The highest BCUT2D eigenvalue weighted by Crippen LogP contribution is 2.34. The Bertz CT molecular complexity index is 867. The summed E-state index contributed by atoms with van der Waals surface area (Å²) in [6.45, 7) is 4.19. The van der Waals surface area contributed by atoms with Gasteiger partial charge in [0.05, 0.1) is 10.6 Å². The number of halogens is 4. The summed E-state index contributed by atoms with van der Waals surface area (Å²) in [5, 5.41) is 14.3. The third-order valence-electron chi connectivity index (χ3n) is 4.51. The normalized spacial score (nSPS) is 17.7. The van der Waals surface area contributed by atoms with Crippen LogP contribution in [0.5, 0.6) is 0 Å². The topological polar surface area (TPSA) is 83.3 Å². The van der Waals surface area contributed by atoms with Crippen LogP contribution in [-0.4, -0.2) is 51.4 Å². The number of nitrogens with zero attached hydrogens (tertiary/aromatic N) is 6. The van der Waals surface area contributed by atoms with Gasteiger partial charge in [-0.2, -0.15) is 13.2 Å². The molecule has 29 heavy (non-hydrogen) atoms. The predicted molar refractivity (Wildman–Crippen MR) is 104 cm³/mol. The van der Waals surface area contributed by atoms with Gasteiger partial charge in [0.1, 0.15) is 18.7 Å². The molecule has 0 amide bonds. The molecule has 2 aromatic heterocycles. The fraction of sp³-hybridized carbons (Fsp3) is 0.529. The maximum atomic E-state index is 12.8. The Kier molecular flexibility index (Phi) is 6.46. The Hall–Kier alpha value is -2.56. The minimum Gasteiger partial charge on any atom is -0.357 e. The number of hydrogen-bond donors (Lipinski definition) is 2. The van der Waals surface area contributed by atoms with E-state index in [1.54, 1.807) is 10.9 Å². The highest BCUT2D eigenvalue weighted by atomic mass is 35.5. The molecule has 1 unspecified atom stereocenters. The lowest BCUT2D eigenvalue weighted by molar-refractivity contribution is -0.137. The molecule has 1 aliphatic heterocycles. The monoisotopic (exact) mass is 430 g/mol. The van der Waals surface area contributed by atoms with Crippen LogP contribution in [-0.2, 0) is 19.8 Å². The van der Waals surface area contributed by atoms with E-state index in [0.717, 1.165) is 24.5 Å². The van der Waals surface area contributed by atoms with Gasteiger partial charge in [-0.05, 0) is 19.4 Å². The van der Waals surface area contributed by atoms with E-state index in [0.29, 0.717) is 38.0 Å². The standard InChI is InChI=1S/C17H22ClF3N8/c1-3-22-16(24-8-14-27-25-10-28(14)2)26-12-4-5-29(9-12)15-13(18)6-11(7-23-15)17(19,20)21/h6-7,10,12H,3-5,8-9H2,1-2H3,(H2,22,24,26). The molecular weight excluding hydrogens is 409 g/mol. The number of nitrogens with one attached hydrogen (secondary N) is 2. The molecule has 0 aromatic carbocycles. The van der Waals surface area contributed by atoms with Crippen LogP contribution < -0.4 is 15.5 Å². The van der Waals surface area contributed by atoms with Gasteiger partial charge in [0.25, 0.3) is 0 Å². The second kappa shape index (κ2) is 8.85. The molecule has 0 saturated carbocycles. The first kappa shape index (κ1) is 21.2. The SMILES string of the molecule is CCNC(=NCc1nncn1C)NC1CCN(c2ncc(C(F)(F)F)cc2Cl)C1. The molecule has 1 atom stereocenters. The number of rotatable bonds is 5. The molecule has 1 saturated heterocycles.